The van der Waals surface area contributed by atoms with E-state index in [1.54, 1.807) is 14.0 Å². The van der Waals surface area contributed by atoms with Gasteiger partial charge in [0.1, 0.15) is 6.10 Å². The van der Waals surface area contributed by atoms with Crippen LogP contribution in [0.15, 0.2) is 0 Å². The molecule has 0 spiro atoms. The lowest BCUT2D eigenvalue weighted by molar-refractivity contribution is -0.141. The fourth-order valence-corrected chi connectivity index (χ4v) is 2.05. The van der Waals surface area contributed by atoms with Crippen LogP contribution in [-0.4, -0.2) is 28.2 Å². The summed E-state index contributed by atoms with van der Waals surface area (Å²) in [7, 11) is 1.64. The minimum Gasteiger partial charge on any atom is -0.481 e. The van der Waals surface area contributed by atoms with Gasteiger partial charge in [-0.1, -0.05) is 13.8 Å². The molecule has 0 saturated carbocycles. The van der Waals surface area contributed by atoms with Gasteiger partial charge in [0.2, 0.25) is 0 Å². The molecule has 0 aliphatic heterocycles. The summed E-state index contributed by atoms with van der Waals surface area (Å²) in [6, 6.07) is 0. The quantitative estimate of drug-likeness (QED) is 0.856. The van der Waals surface area contributed by atoms with E-state index in [1.807, 2.05) is 20.8 Å². The first kappa shape index (κ1) is 15.6. The normalized spacial score (nSPS) is 14.2. The van der Waals surface area contributed by atoms with Crippen molar-refractivity contribution in [3.63, 3.8) is 0 Å². The molecule has 2 atom stereocenters. The second kappa shape index (κ2) is 6.61. The molecule has 1 aromatic rings. The third-order valence-corrected chi connectivity index (χ3v) is 3.31. The summed E-state index contributed by atoms with van der Waals surface area (Å²) in [5, 5.41) is 8.98. The van der Waals surface area contributed by atoms with Gasteiger partial charge in [0.05, 0.1) is 5.92 Å². The molecule has 1 heterocycles. The lowest BCUT2D eigenvalue weighted by Crippen LogP contribution is -2.16. The highest BCUT2D eigenvalue weighted by molar-refractivity contribution is 5.70. The Morgan fingerprint density at radius 1 is 1.32 bits per heavy atom. The van der Waals surface area contributed by atoms with E-state index in [0.29, 0.717) is 12.2 Å². The zero-order valence-corrected chi connectivity index (χ0v) is 12.2. The van der Waals surface area contributed by atoms with E-state index in [4.69, 9.17) is 9.84 Å². The molecule has 0 aliphatic carbocycles. The van der Waals surface area contributed by atoms with Crippen molar-refractivity contribution < 1.29 is 14.6 Å². The Morgan fingerprint density at radius 3 is 2.21 bits per heavy atom. The van der Waals surface area contributed by atoms with Gasteiger partial charge in [0.15, 0.2) is 5.82 Å². The second-order valence-corrected chi connectivity index (χ2v) is 4.81. The van der Waals surface area contributed by atoms with Crippen LogP contribution in [0.2, 0.25) is 0 Å². The van der Waals surface area contributed by atoms with Crippen molar-refractivity contribution >= 4 is 5.97 Å². The summed E-state index contributed by atoms with van der Waals surface area (Å²) in [6.07, 6.45) is 1.15. The number of methoxy groups -OCH3 is 1. The van der Waals surface area contributed by atoms with Gasteiger partial charge in [-0.2, -0.15) is 0 Å². The molecule has 5 nitrogen and oxygen atoms in total. The monoisotopic (exact) mass is 266 g/mol. The standard InChI is InChI=1S/C14H22N2O3/c1-6-12(19-5)13-15-9(3)11(10(4)16-13)7-8(2)14(17)18/h8,12H,6-7H2,1-5H3,(H,17,18). The summed E-state index contributed by atoms with van der Waals surface area (Å²) >= 11 is 0. The van der Waals surface area contributed by atoms with E-state index >= 15 is 0 Å². The van der Waals surface area contributed by atoms with E-state index in [1.165, 1.54) is 0 Å². The van der Waals surface area contributed by atoms with Crippen molar-refractivity contribution in [3.05, 3.63) is 22.8 Å². The number of nitrogens with zero attached hydrogens (tertiary/aromatic N) is 2. The van der Waals surface area contributed by atoms with Crippen LogP contribution in [-0.2, 0) is 16.0 Å². The van der Waals surface area contributed by atoms with E-state index in [-0.39, 0.29) is 6.10 Å². The van der Waals surface area contributed by atoms with E-state index in [2.05, 4.69) is 9.97 Å². The number of carboxylic acids is 1. The number of hydrogen-bond acceptors (Lipinski definition) is 4. The van der Waals surface area contributed by atoms with Gasteiger partial charge in [0, 0.05) is 18.5 Å². The fourth-order valence-electron chi connectivity index (χ4n) is 2.05. The van der Waals surface area contributed by atoms with Crippen LogP contribution in [0, 0.1) is 19.8 Å². The van der Waals surface area contributed by atoms with Crippen molar-refractivity contribution in [2.75, 3.05) is 7.11 Å². The highest BCUT2D eigenvalue weighted by Gasteiger charge is 2.19. The predicted octanol–water partition coefficient (Wildman–Crippen LogP) is 2.45. The lowest BCUT2D eigenvalue weighted by atomic mass is 9.99. The Morgan fingerprint density at radius 2 is 1.84 bits per heavy atom. The maximum atomic E-state index is 10.9. The summed E-state index contributed by atoms with van der Waals surface area (Å²) in [5.41, 5.74) is 2.60. The molecule has 0 saturated heterocycles. The smallest absolute Gasteiger partial charge is 0.306 e. The third-order valence-electron chi connectivity index (χ3n) is 3.31. The number of ether oxygens (including phenoxy) is 1. The van der Waals surface area contributed by atoms with Gasteiger partial charge >= 0.3 is 5.97 Å². The van der Waals surface area contributed by atoms with Crippen molar-refractivity contribution in [2.45, 2.75) is 46.6 Å². The topological polar surface area (TPSA) is 72.3 Å². The number of aromatic nitrogens is 2. The summed E-state index contributed by atoms with van der Waals surface area (Å²) in [6.45, 7) is 7.50. The number of carboxylic acid groups (broad SMARTS) is 1. The zero-order chi connectivity index (χ0) is 14.6. The number of aryl methyl sites for hydroxylation is 2. The first-order valence-corrected chi connectivity index (χ1v) is 6.50. The predicted molar refractivity (Wildman–Crippen MR) is 72.1 cm³/mol. The third kappa shape index (κ3) is 3.73. The molecule has 0 fully saturated rings. The molecule has 0 aromatic carbocycles. The average Bonchev–Trinajstić information content (AvgIpc) is 2.34. The number of carbonyl (C=O) groups is 1. The van der Waals surface area contributed by atoms with Crippen LogP contribution < -0.4 is 0 Å². The van der Waals surface area contributed by atoms with Crippen molar-refractivity contribution in [1.82, 2.24) is 9.97 Å². The summed E-state index contributed by atoms with van der Waals surface area (Å²) < 4.78 is 5.34. The Labute approximate surface area is 114 Å². The first-order chi connectivity index (χ1) is 8.90. The van der Waals surface area contributed by atoms with Crippen LogP contribution in [0.3, 0.4) is 0 Å². The molecule has 0 bridgehead atoms. The average molecular weight is 266 g/mol. The molecule has 0 amide bonds. The second-order valence-electron chi connectivity index (χ2n) is 4.81. The minimum atomic E-state index is -0.800. The van der Waals surface area contributed by atoms with Crippen LogP contribution in [0.5, 0.6) is 0 Å². The molecular formula is C14H22N2O3. The maximum Gasteiger partial charge on any atom is 0.306 e. The fraction of sp³-hybridized carbons (Fsp3) is 0.643. The SMILES string of the molecule is CCC(OC)c1nc(C)c(CC(C)C(=O)O)c(C)n1. The van der Waals surface area contributed by atoms with Gasteiger partial charge in [-0.05, 0) is 32.3 Å². The Bertz CT molecular complexity index is 433. The molecule has 106 valence electrons. The van der Waals surface area contributed by atoms with Gasteiger partial charge in [-0.15, -0.1) is 0 Å². The van der Waals surface area contributed by atoms with Gasteiger partial charge in [-0.25, -0.2) is 9.97 Å². The minimum absolute atomic E-state index is 0.108. The lowest BCUT2D eigenvalue weighted by Gasteiger charge is -2.16. The van der Waals surface area contributed by atoms with Gasteiger partial charge in [-0.3, -0.25) is 4.79 Å². The van der Waals surface area contributed by atoms with E-state index in [0.717, 1.165) is 23.4 Å². The van der Waals surface area contributed by atoms with Crippen LogP contribution in [0.1, 0.15) is 49.1 Å². The van der Waals surface area contributed by atoms with Crippen molar-refractivity contribution in [1.29, 1.82) is 0 Å². The molecule has 2 unspecified atom stereocenters. The van der Waals surface area contributed by atoms with Gasteiger partial charge < -0.3 is 9.84 Å². The van der Waals surface area contributed by atoms with E-state index < -0.39 is 11.9 Å². The van der Waals surface area contributed by atoms with Crippen LogP contribution in [0.4, 0.5) is 0 Å². The number of aliphatic carboxylic acids is 1. The number of rotatable bonds is 6. The molecule has 1 aromatic heterocycles. The summed E-state index contributed by atoms with van der Waals surface area (Å²) in [5.74, 6) is -0.561. The number of hydrogen-bond donors (Lipinski definition) is 1. The van der Waals surface area contributed by atoms with Crippen molar-refractivity contribution in [2.24, 2.45) is 5.92 Å². The molecular weight excluding hydrogens is 244 g/mol. The molecule has 1 N–H and O–H groups in total. The highest BCUT2D eigenvalue weighted by atomic mass is 16.5. The molecule has 0 radical (unpaired) electrons. The molecule has 19 heavy (non-hydrogen) atoms. The van der Waals surface area contributed by atoms with Crippen molar-refractivity contribution in [3.8, 4) is 0 Å². The zero-order valence-electron chi connectivity index (χ0n) is 12.2. The Hall–Kier alpha value is -1.49. The maximum absolute atomic E-state index is 10.9. The molecule has 1 rings (SSSR count). The van der Waals surface area contributed by atoms with E-state index in [9.17, 15) is 4.79 Å². The Balaban J connectivity index is 3.07. The Kier molecular flexibility index (Phi) is 5.42. The van der Waals surface area contributed by atoms with Crippen LogP contribution >= 0.6 is 0 Å². The van der Waals surface area contributed by atoms with Crippen LogP contribution in [0.25, 0.3) is 0 Å². The summed E-state index contributed by atoms with van der Waals surface area (Å²) in [4.78, 5) is 19.9. The molecule has 0 aliphatic rings. The van der Waals surface area contributed by atoms with Gasteiger partial charge in [0.25, 0.3) is 0 Å². The largest absolute Gasteiger partial charge is 0.481 e. The molecule has 5 heteroatoms. The highest BCUT2D eigenvalue weighted by Crippen LogP contribution is 2.21. The first-order valence-electron chi connectivity index (χ1n) is 6.50.